The summed E-state index contributed by atoms with van der Waals surface area (Å²) in [4.78, 5) is 15.3. The molecule has 1 aliphatic rings. The van der Waals surface area contributed by atoms with E-state index in [0.717, 1.165) is 31.7 Å². The number of aromatic nitrogens is 3. The molecule has 0 saturated carbocycles. The normalized spacial score (nSPS) is 17.7. The second-order valence-corrected chi connectivity index (χ2v) is 3.65. The molecule has 2 heterocycles. The van der Waals surface area contributed by atoms with E-state index in [-0.39, 0.29) is 11.6 Å². The molecule has 80 valence electrons. The molecule has 0 N–H and O–H groups in total. The summed E-state index contributed by atoms with van der Waals surface area (Å²) in [6.07, 6.45) is 3.52. The van der Waals surface area contributed by atoms with Gasteiger partial charge in [-0.05, 0) is 12.8 Å². The Kier molecular flexibility index (Phi) is 3.01. The van der Waals surface area contributed by atoms with E-state index >= 15 is 0 Å². The van der Waals surface area contributed by atoms with Crippen LogP contribution >= 0.6 is 0 Å². The monoisotopic (exact) mass is 207 g/mol. The van der Waals surface area contributed by atoms with Crippen LogP contribution in [0.5, 0.6) is 0 Å². The first kappa shape index (κ1) is 10.2. The zero-order chi connectivity index (χ0) is 10.7. The fourth-order valence-corrected chi connectivity index (χ4v) is 1.66. The third-order valence-electron chi connectivity index (χ3n) is 2.53. The number of nitrogens with zero attached hydrogens (tertiary/aromatic N) is 3. The summed E-state index contributed by atoms with van der Waals surface area (Å²) >= 11 is 0. The molecule has 0 amide bonds. The van der Waals surface area contributed by atoms with Gasteiger partial charge in [-0.3, -0.25) is 4.79 Å². The van der Waals surface area contributed by atoms with Crippen molar-refractivity contribution in [1.82, 2.24) is 15.2 Å². The van der Waals surface area contributed by atoms with Crippen LogP contribution in [0.2, 0.25) is 0 Å². The Morgan fingerprint density at radius 2 is 2.20 bits per heavy atom. The van der Waals surface area contributed by atoms with Crippen molar-refractivity contribution in [3.05, 3.63) is 17.7 Å². The van der Waals surface area contributed by atoms with Crippen molar-refractivity contribution < 1.29 is 9.53 Å². The fraction of sp³-hybridized carbons (Fsp3) is 0.600. The van der Waals surface area contributed by atoms with Crippen LogP contribution in [0.15, 0.2) is 6.20 Å². The first-order valence-electron chi connectivity index (χ1n) is 5.05. The molecule has 0 atom stereocenters. The van der Waals surface area contributed by atoms with Crippen molar-refractivity contribution in [3.63, 3.8) is 0 Å². The van der Waals surface area contributed by atoms with Crippen molar-refractivity contribution in [2.24, 2.45) is 0 Å². The SMILES string of the molecule is CC(=O)c1nncc(C2CCOCC2)n1. The van der Waals surface area contributed by atoms with Crippen LogP contribution in [0.25, 0.3) is 0 Å². The number of Topliss-reactive ketones (excluding diaryl/α,β-unsaturated/α-hetero) is 1. The van der Waals surface area contributed by atoms with Crippen LogP contribution in [0.4, 0.5) is 0 Å². The Labute approximate surface area is 87.9 Å². The maximum atomic E-state index is 11.1. The molecule has 0 unspecified atom stereocenters. The van der Waals surface area contributed by atoms with E-state index in [4.69, 9.17) is 4.74 Å². The summed E-state index contributed by atoms with van der Waals surface area (Å²) in [5, 5.41) is 7.50. The Balaban J connectivity index is 2.19. The summed E-state index contributed by atoms with van der Waals surface area (Å²) in [5.74, 6) is 0.419. The number of ether oxygens (including phenoxy) is 1. The van der Waals surface area contributed by atoms with E-state index in [1.54, 1.807) is 6.20 Å². The summed E-state index contributed by atoms with van der Waals surface area (Å²) < 4.78 is 5.27. The lowest BCUT2D eigenvalue weighted by atomic mass is 9.97. The number of hydrogen-bond acceptors (Lipinski definition) is 5. The minimum absolute atomic E-state index is 0.142. The standard InChI is InChI=1S/C10H13N3O2/c1-7(14)10-12-9(6-11-13-10)8-2-4-15-5-3-8/h6,8H,2-5H2,1H3. The van der Waals surface area contributed by atoms with Gasteiger partial charge in [0.1, 0.15) is 0 Å². The summed E-state index contributed by atoms with van der Waals surface area (Å²) in [6, 6.07) is 0. The predicted molar refractivity (Wildman–Crippen MR) is 52.6 cm³/mol. The molecule has 0 bridgehead atoms. The lowest BCUT2D eigenvalue weighted by Gasteiger charge is -2.20. The molecular formula is C10H13N3O2. The summed E-state index contributed by atoms with van der Waals surface area (Å²) in [5.41, 5.74) is 0.860. The highest BCUT2D eigenvalue weighted by atomic mass is 16.5. The van der Waals surface area contributed by atoms with Gasteiger partial charge in [0, 0.05) is 26.1 Å². The summed E-state index contributed by atoms with van der Waals surface area (Å²) in [7, 11) is 0. The van der Waals surface area contributed by atoms with Gasteiger partial charge < -0.3 is 4.74 Å². The first-order chi connectivity index (χ1) is 7.27. The largest absolute Gasteiger partial charge is 0.381 e. The molecule has 2 rings (SSSR count). The Bertz CT molecular complexity index is 361. The van der Waals surface area contributed by atoms with E-state index in [1.165, 1.54) is 6.92 Å². The maximum Gasteiger partial charge on any atom is 0.217 e. The van der Waals surface area contributed by atoms with Gasteiger partial charge in [0.15, 0.2) is 5.78 Å². The van der Waals surface area contributed by atoms with Crippen molar-refractivity contribution in [2.45, 2.75) is 25.7 Å². The van der Waals surface area contributed by atoms with Gasteiger partial charge in [-0.2, -0.15) is 5.10 Å². The van der Waals surface area contributed by atoms with Crippen molar-refractivity contribution in [3.8, 4) is 0 Å². The molecule has 1 fully saturated rings. The van der Waals surface area contributed by atoms with E-state index in [1.807, 2.05) is 0 Å². The zero-order valence-electron chi connectivity index (χ0n) is 8.64. The second kappa shape index (κ2) is 4.44. The minimum atomic E-state index is -0.142. The molecule has 1 aromatic heterocycles. The molecule has 5 heteroatoms. The Morgan fingerprint density at radius 3 is 2.87 bits per heavy atom. The maximum absolute atomic E-state index is 11.1. The van der Waals surface area contributed by atoms with Crippen LogP contribution in [0, 0.1) is 0 Å². The fourth-order valence-electron chi connectivity index (χ4n) is 1.66. The van der Waals surface area contributed by atoms with Crippen LogP contribution < -0.4 is 0 Å². The van der Waals surface area contributed by atoms with E-state index in [9.17, 15) is 4.79 Å². The molecule has 0 radical (unpaired) electrons. The van der Waals surface area contributed by atoms with Gasteiger partial charge in [0.2, 0.25) is 5.82 Å². The summed E-state index contributed by atoms with van der Waals surface area (Å²) in [6.45, 7) is 2.96. The highest BCUT2D eigenvalue weighted by Gasteiger charge is 2.18. The van der Waals surface area contributed by atoms with Crippen LogP contribution in [-0.2, 0) is 4.74 Å². The Hall–Kier alpha value is -1.36. The first-order valence-corrected chi connectivity index (χ1v) is 5.05. The molecule has 0 aromatic carbocycles. The second-order valence-electron chi connectivity index (χ2n) is 3.65. The third-order valence-corrected chi connectivity index (χ3v) is 2.53. The lowest BCUT2D eigenvalue weighted by molar-refractivity contribution is 0.0842. The van der Waals surface area contributed by atoms with Crippen molar-refractivity contribution >= 4 is 5.78 Å². The third kappa shape index (κ3) is 2.36. The number of rotatable bonds is 2. The molecule has 5 nitrogen and oxygen atoms in total. The number of carbonyl (C=O) groups excluding carboxylic acids is 1. The number of carbonyl (C=O) groups is 1. The van der Waals surface area contributed by atoms with E-state index in [0.29, 0.717) is 5.92 Å². The lowest BCUT2D eigenvalue weighted by Crippen LogP contribution is -2.17. The smallest absolute Gasteiger partial charge is 0.217 e. The van der Waals surface area contributed by atoms with Gasteiger partial charge in [-0.1, -0.05) is 0 Å². The Morgan fingerprint density at radius 1 is 1.47 bits per heavy atom. The highest BCUT2D eigenvalue weighted by molar-refractivity contribution is 5.89. The van der Waals surface area contributed by atoms with Crippen LogP contribution in [0.3, 0.4) is 0 Å². The van der Waals surface area contributed by atoms with Crippen molar-refractivity contribution in [1.29, 1.82) is 0 Å². The molecule has 0 aliphatic carbocycles. The molecule has 15 heavy (non-hydrogen) atoms. The molecule has 1 saturated heterocycles. The topological polar surface area (TPSA) is 65.0 Å². The molecule has 0 spiro atoms. The average Bonchev–Trinajstić information content (AvgIpc) is 2.30. The molecular weight excluding hydrogens is 194 g/mol. The number of hydrogen-bond donors (Lipinski definition) is 0. The van der Waals surface area contributed by atoms with E-state index < -0.39 is 0 Å². The van der Waals surface area contributed by atoms with Gasteiger partial charge in [0.05, 0.1) is 11.9 Å². The van der Waals surface area contributed by atoms with Gasteiger partial charge >= 0.3 is 0 Å². The highest BCUT2D eigenvalue weighted by Crippen LogP contribution is 2.24. The average molecular weight is 207 g/mol. The zero-order valence-corrected chi connectivity index (χ0v) is 8.64. The van der Waals surface area contributed by atoms with Gasteiger partial charge in [-0.25, -0.2) is 4.98 Å². The van der Waals surface area contributed by atoms with Gasteiger partial charge in [0.25, 0.3) is 0 Å². The van der Waals surface area contributed by atoms with Gasteiger partial charge in [-0.15, -0.1) is 5.10 Å². The quantitative estimate of drug-likeness (QED) is 0.676. The molecule has 1 aromatic rings. The minimum Gasteiger partial charge on any atom is -0.381 e. The van der Waals surface area contributed by atoms with E-state index in [2.05, 4.69) is 15.2 Å². The molecule has 1 aliphatic heterocycles. The predicted octanol–water partition coefficient (Wildman–Crippen LogP) is 0.968. The van der Waals surface area contributed by atoms with Crippen LogP contribution in [0.1, 0.15) is 42.0 Å². The van der Waals surface area contributed by atoms with Crippen LogP contribution in [-0.4, -0.2) is 34.2 Å². The van der Waals surface area contributed by atoms with Crippen molar-refractivity contribution in [2.75, 3.05) is 13.2 Å². The number of ketones is 1.